The van der Waals surface area contributed by atoms with E-state index in [4.69, 9.17) is 9.47 Å². The molecule has 1 heterocycles. The van der Waals surface area contributed by atoms with Gasteiger partial charge in [0.05, 0.1) is 20.3 Å². The third kappa shape index (κ3) is 5.65. The zero-order chi connectivity index (χ0) is 16.7. The van der Waals surface area contributed by atoms with Crippen molar-refractivity contribution in [2.75, 3.05) is 54.1 Å². The number of rotatable bonds is 7. The third-order valence-corrected chi connectivity index (χ3v) is 4.16. The molecule has 1 aliphatic heterocycles. The molecular weight excluding hydrogens is 288 g/mol. The van der Waals surface area contributed by atoms with Gasteiger partial charge in [0.2, 0.25) is 0 Å². The summed E-state index contributed by atoms with van der Waals surface area (Å²) in [4.78, 5) is 4.74. The summed E-state index contributed by atoms with van der Waals surface area (Å²) >= 11 is 0. The van der Waals surface area contributed by atoms with Crippen LogP contribution in [-0.4, -0.2) is 63.9 Å². The number of hydrogen-bond acceptors (Lipinski definition) is 4. The number of hydrogen-bond donors (Lipinski definition) is 0. The van der Waals surface area contributed by atoms with Crippen molar-refractivity contribution in [2.45, 2.75) is 13.0 Å². The van der Waals surface area contributed by atoms with E-state index in [-0.39, 0.29) is 0 Å². The van der Waals surface area contributed by atoms with Gasteiger partial charge in [-0.3, -0.25) is 4.90 Å². The number of nitrogens with zero attached hydrogens (tertiary/aromatic N) is 2. The summed E-state index contributed by atoms with van der Waals surface area (Å²) in [6, 6.07) is 6.48. The molecule has 128 valence electrons. The molecule has 1 aliphatic rings. The molecule has 0 aliphatic carbocycles. The normalized spacial score (nSPS) is 19.6. The van der Waals surface area contributed by atoms with Gasteiger partial charge in [-0.1, -0.05) is 18.2 Å². The lowest BCUT2D eigenvalue weighted by Crippen LogP contribution is -2.34. The SMILES string of the molecule is C=CCc1cc(CN2CCOC[C@@H](CN(C)C)C2)ccc1OC. The maximum absolute atomic E-state index is 5.77. The van der Waals surface area contributed by atoms with Crippen molar-refractivity contribution in [1.82, 2.24) is 9.80 Å². The fourth-order valence-corrected chi connectivity index (χ4v) is 3.23. The van der Waals surface area contributed by atoms with Gasteiger partial charge in [0.1, 0.15) is 5.75 Å². The number of benzene rings is 1. The van der Waals surface area contributed by atoms with Crippen LogP contribution in [0.4, 0.5) is 0 Å². The molecule has 0 radical (unpaired) electrons. The summed E-state index contributed by atoms with van der Waals surface area (Å²) < 4.78 is 11.2. The second kappa shape index (κ2) is 9.06. The van der Waals surface area contributed by atoms with E-state index >= 15 is 0 Å². The smallest absolute Gasteiger partial charge is 0.122 e. The predicted octanol–water partition coefficient (Wildman–Crippen LogP) is 2.43. The summed E-state index contributed by atoms with van der Waals surface area (Å²) in [6.45, 7) is 9.63. The minimum atomic E-state index is 0.568. The Kier molecular flexibility index (Phi) is 7.09. The van der Waals surface area contributed by atoms with Gasteiger partial charge in [0.25, 0.3) is 0 Å². The van der Waals surface area contributed by atoms with Crippen molar-refractivity contribution < 1.29 is 9.47 Å². The molecular formula is C19H30N2O2. The van der Waals surface area contributed by atoms with Gasteiger partial charge in [0.15, 0.2) is 0 Å². The maximum Gasteiger partial charge on any atom is 0.122 e. The van der Waals surface area contributed by atoms with Crippen LogP contribution >= 0.6 is 0 Å². The van der Waals surface area contributed by atoms with Crippen molar-refractivity contribution in [1.29, 1.82) is 0 Å². The summed E-state index contributed by atoms with van der Waals surface area (Å²) in [5, 5.41) is 0. The molecule has 4 heteroatoms. The summed E-state index contributed by atoms with van der Waals surface area (Å²) in [5.74, 6) is 1.51. The summed E-state index contributed by atoms with van der Waals surface area (Å²) in [5.41, 5.74) is 2.53. The summed E-state index contributed by atoms with van der Waals surface area (Å²) in [6.07, 6.45) is 2.76. The van der Waals surface area contributed by atoms with Gasteiger partial charge in [-0.15, -0.1) is 6.58 Å². The molecule has 0 bridgehead atoms. The Labute approximate surface area is 140 Å². The Morgan fingerprint density at radius 3 is 2.96 bits per heavy atom. The molecule has 0 saturated carbocycles. The number of allylic oxidation sites excluding steroid dienone is 1. The maximum atomic E-state index is 5.77. The van der Waals surface area contributed by atoms with E-state index in [2.05, 4.69) is 48.7 Å². The highest BCUT2D eigenvalue weighted by Gasteiger charge is 2.19. The average Bonchev–Trinajstić information content (AvgIpc) is 2.72. The average molecular weight is 318 g/mol. The number of methoxy groups -OCH3 is 1. The molecule has 1 fully saturated rings. The summed E-state index contributed by atoms with van der Waals surface area (Å²) in [7, 11) is 5.97. The highest BCUT2D eigenvalue weighted by Crippen LogP contribution is 2.22. The van der Waals surface area contributed by atoms with Crippen molar-refractivity contribution >= 4 is 0 Å². The lowest BCUT2D eigenvalue weighted by molar-refractivity contribution is 0.112. The molecule has 4 nitrogen and oxygen atoms in total. The van der Waals surface area contributed by atoms with Crippen LogP contribution in [-0.2, 0) is 17.7 Å². The van der Waals surface area contributed by atoms with Crippen LogP contribution < -0.4 is 4.74 Å². The van der Waals surface area contributed by atoms with Gasteiger partial charge in [-0.25, -0.2) is 0 Å². The topological polar surface area (TPSA) is 24.9 Å². The van der Waals surface area contributed by atoms with Crippen molar-refractivity contribution in [3.63, 3.8) is 0 Å². The van der Waals surface area contributed by atoms with Crippen molar-refractivity contribution in [2.24, 2.45) is 5.92 Å². The minimum absolute atomic E-state index is 0.568. The Morgan fingerprint density at radius 1 is 1.43 bits per heavy atom. The number of ether oxygens (including phenoxy) is 2. The molecule has 0 unspecified atom stereocenters. The van der Waals surface area contributed by atoms with E-state index in [1.807, 2.05) is 6.08 Å². The lowest BCUT2D eigenvalue weighted by Gasteiger charge is -2.25. The highest BCUT2D eigenvalue weighted by molar-refractivity contribution is 5.38. The van der Waals surface area contributed by atoms with Gasteiger partial charge >= 0.3 is 0 Å². The Bertz CT molecular complexity index is 502. The minimum Gasteiger partial charge on any atom is -0.496 e. The van der Waals surface area contributed by atoms with E-state index in [1.54, 1.807) is 7.11 Å². The van der Waals surface area contributed by atoms with Crippen LogP contribution in [0.3, 0.4) is 0 Å². The molecule has 1 aromatic carbocycles. The van der Waals surface area contributed by atoms with Crippen LogP contribution in [0.5, 0.6) is 5.75 Å². The van der Waals surface area contributed by atoms with Crippen LogP contribution in [0.15, 0.2) is 30.9 Å². The fourth-order valence-electron chi connectivity index (χ4n) is 3.23. The van der Waals surface area contributed by atoms with Crippen LogP contribution in [0.1, 0.15) is 11.1 Å². The monoisotopic (exact) mass is 318 g/mol. The molecule has 1 aromatic rings. The zero-order valence-electron chi connectivity index (χ0n) is 14.8. The van der Waals surface area contributed by atoms with Crippen LogP contribution in [0.25, 0.3) is 0 Å². The Morgan fingerprint density at radius 2 is 2.26 bits per heavy atom. The van der Waals surface area contributed by atoms with E-state index in [1.165, 1.54) is 11.1 Å². The van der Waals surface area contributed by atoms with Crippen LogP contribution in [0, 0.1) is 5.92 Å². The van der Waals surface area contributed by atoms with E-state index in [9.17, 15) is 0 Å². The van der Waals surface area contributed by atoms with Gasteiger partial charge < -0.3 is 14.4 Å². The largest absolute Gasteiger partial charge is 0.496 e. The van der Waals surface area contributed by atoms with Crippen molar-refractivity contribution in [3.8, 4) is 5.75 Å². The second-order valence-electron chi connectivity index (χ2n) is 6.58. The van der Waals surface area contributed by atoms with Crippen LogP contribution in [0.2, 0.25) is 0 Å². The second-order valence-corrected chi connectivity index (χ2v) is 6.58. The van der Waals surface area contributed by atoms with E-state index < -0.39 is 0 Å². The first-order valence-corrected chi connectivity index (χ1v) is 8.34. The standard InChI is InChI=1S/C19H30N2O2/c1-5-6-18-11-16(7-8-19(18)22-4)13-21-9-10-23-15-17(14-21)12-20(2)3/h5,7-8,11,17H,1,6,9-10,12-15H2,2-4H3/t17-/m0/s1. The molecule has 0 amide bonds. The first-order valence-electron chi connectivity index (χ1n) is 8.34. The highest BCUT2D eigenvalue weighted by atomic mass is 16.5. The van der Waals surface area contributed by atoms with Gasteiger partial charge in [-0.2, -0.15) is 0 Å². The molecule has 0 spiro atoms. The third-order valence-electron chi connectivity index (χ3n) is 4.16. The van der Waals surface area contributed by atoms with E-state index in [0.717, 1.165) is 51.6 Å². The van der Waals surface area contributed by atoms with Gasteiger partial charge in [0, 0.05) is 32.1 Å². The van der Waals surface area contributed by atoms with Crippen molar-refractivity contribution in [3.05, 3.63) is 42.0 Å². The Balaban J connectivity index is 2.04. The fraction of sp³-hybridized carbons (Fsp3) is 0.579. The van der Waals surface area contributed by atoms with E-state index in [0.29, 0.717) is 5.92 Å². The molecule has 0 N–H and O–H groups in total. The zero-order valence-corrected chi connectivity index (χ0v) is 14.8. The molecule has 0 aromatic heterocycles. The quantitative estimate of drug-likeness (QED) is 0.721. The predicted molar refractivity (Wildman–Crippen MR) is 95.0 cm³/mol. The lowest BCUT2D eigenvalue weighted by atomic mass is 10.1. The molecule has 1 atom stereocenters. The first kappa shape index (κ1) is 18.0. The van der Waals surface area contributed by atoms with Gasteiger partial charge in [-0.05, 0) is 37.7 Å². The molecule has 1 saturated heterocycles. The molecule has 2 rings (SSSR count). The molecule has 23 heavy (non-hydrogen) atoms. The Hall–Kier alpha value is -1.36. The first-order chi connectivity index (χ1) is 11.1.